The number of hydrogen-bond donors (Lipinski definition) is 1. The molecule has 2 fully saturated rings. The van der Waals surface area contributed by atoms with E-state index in [0.29, 0.717) is 5.82 Å². The van der Waals surface area contributed by atoms with Crippen LogP contribution in [0.15, 0.2) is 22.7 Å². The van der Waals surface area contributed by atoms with E-state index in [0.717, 1.165) is 63.9 Å². The van der Waals surface area contributed by atoms with E-state index in [1.807, 2.05) is 19.9 Å². The number of imidazole rings is 1. The van der Waals surface area contributed by atoms with Crippen LogP contribution in [0.2, 0.25) is 0 Å². The van der Waals surface area contributed by atoms with Crippen molar-refractivity contribution in [3.63, 3.8) is 0 Å². The quantitative estimate of drug-likeness (QED) is 0.606. The molecule has 3 heterocycles. The average Bonchev–Trinajstić information content (AvgIpc) is 3.36. The molecule has 33 heavy (non-hydrogen) atoms. The Bertz CT molecular complexity index is 1230. The number of aryl methyl sites for hydroxylation is 2. The van der Waals surface area contributed by atoms with Crippen LogP contribution in [0.5, 0.6) is 0 Å². The fourth-order valence-electron chi connectivity index (χ4n) is 5.17. The summed E-state index contributed by atoms with van der Waals surface area (Å²) in [6.45, 7) is 7.35. The van der Waals surface area contributed by atoms with Crippen molar-refractivity contribution in [1.82, 2.24) is 20.0 Å². The molecule has 1 atom stereocenters. The van der Waals surface area contributed by atoms with Crippen molar-refractivity contribution in [2.45, 2.75) is 64.1 Å². The fraction of sp³-hybridized carbons (Fsp3) is 0.458. The lowest BCUT2D eigenvalue weighted by Gasteiger charge is -2.31. The molecule has 1 N–H and O–H groups in total. The number of fused-ring (bicyclic) bond motifs is 1. The number of nitrogens with zero attached hydrogens (tertiary/aromatic N) is 4. The zero-order valence-corrected chi connectivity index (χ0v) is 19.1. The van der Waals surface area contributed by atoms with Crippen molar-refractivity contribution < 1.29 is 23.4 Å². The highest BCUT2D eigenvalue weighted by Gasteiger charge is 2.40. The van der Waals surface area contributed by atoms with Crippen molar-refractivity contribution in [2.75, 3.05) is 7.11 Å². The average molecular weight is 451 g/mol. The fourth-order valence-corrected chi connectivity index (χ4v) is 5.17. The van der Waals surface area contributed by atoms with Crippen molar-refractivity contribution in [2.24, 2.45) is 0 Å². The van der Waals surface area contributed by atoms with Gasteiger partial charge in [-0.1, -0.05) is 11.2 Å². The normalized spacial score (nSPS) is 23.8. The summed E-state index contributed by atoms with van der Waals surface area (Å²) in [7, 11) is 1.76. The van der Waals surface area contributed by atoms with E-state index in [4.69, 9.17) is 14.2 Å². The Morgan fingerprint density at radius 1 is 1.21 bits per heavy atom. The van der Waals surface area contributed by atoms with Gasteiger partial charge in [-0.15, -0.1) is 4.58 Å². The molecule has 9 heteroatoms. The Kier molecular flexibility index (Phi) is 5.36. The van der Waals surface area contributed by atoms with E-state index in [9.17, 15) is 9.59 Å². The van der Waals surface area contributed by atoms with Crippen LogP contribution in [0, 0.1) is 13.8 Å². The van der Waals surface area contributed by atoms with E-state index in [2.05, 4.69) is 33.9 Å². The number of carbonyl (C=O) groups excluding carboxylic acids is 2. The van der Waals surface area contributed by atoms with E-state index in [1.165, 1.54) is 0 Å². The van der Waals surface area contributed by atoms with Crippen LogP contribution in [0.3, 0.4) is 0 Å². The number of hydrogen-bond acceptors (Lipinski definition) is 6. The van der Waals surface area contributed by atoms with Crippen LogP contribution >= 0.6 is 0 Å². The third kappa shape index (κ3) is 3.66. The predicted octanol–water partition coefficient (Wildman–Crippen LogP) is 3.83. The molecule has 1 aromatic carbocycles. The molecule has 5 rings (SSSR count). The molecule has 1 aliphatic carbocycles. The van der Waals surface area contributed by atoms with Gasteiger partial charge in [-0.05, 0) is 57.2 Å². The number of nitrogens with one attached hydrogen (secondary N) is 1. The standard InChI is InChI=1S/C24H27N5O4/c1-13-22(14(2)33-27-13)15-5-10-20-18(11-15)25-23(19-12-21(30)28(3)24(31)26-19)29(20)16-6-8-17(32-4)9-7-16/h5,10-11,16-17,19H,3,6-9,12H2,1-2,4H3/p+1/t16?,17?,19-/m0/s1. The number of rotatable bonds is 4. The maximum Gasteiger partial charge on any atom is 0.498 e. The Morgan fingerprint density at radius 3 is 2.61 bits per heavy atom. The van der Waals surface area contributed by atoms with E-state index in [1.54, 1.807) is 7.11 Å². The number of imide groups is 1. The molecule has 172 valence electrons. The number of aromatic nitrogens is 3. The lowest BCUT2D eigenvalue weighted by molar-refractivity contribution is -0.359. The molecule has 1 saturated carbocycles. The highest BCUT2D eigenvalue weighted by atomic mass is 16.5. The van der Waals surface area contributed by atoms with Gasteiger partial charge in [0.15, 0.2) is 11.9 Å². The van der Waals surface area contributed by atoms with Gasteiger partial charge in [0, 0.05) is 18.7 Å². The maximum atomic E-state index is 12.4. The summed E-state index contributed by atoms with van der Waals surface area (Å²) in [6.07, 6.45) is 4.20. The molecule has 1 saturated heterocycles. The van der Waals surface area contributed by atoms with Gasteiger partial charge in [0.25, 0.3) is 0 Å². The second kappa shape index (κ2) is 8.22. The minimum Gasteiger partial charge on any atom is -0.381 e. The SMILES string of the molecule is C=[N+]1C(=O)C[C@@H](c2nc3cc(-c4c(C)noc4C)ccc3n2C2CCC(OC)CC2)NC1=O. The van der Waals surface area contributed by atoms with Gasteiger partial charge in [-0.25, -0.2) is 15.1 Å². The molecular weight excluding hydrogens is 422 g/mol. The summed E-state index contributed by atoms with van der Waals surface area (Å²) in [5.74, 6) is 1.14. The van der Waals surface area contributed by atoms with Gasteiger partial charge in [-0.2, -0.15) is 4.79 Å². The molecule has 3 amide bonds. The van der Waals surface area contributed by atoms with Gasteiger partial charge in [0.2, 0.25) is 0 Å². The molecule has 0 bridgehead atoms. The van der Waals surface area contributed by atoms with Gasteiger partial charge in [-0.3, -0.25) is 0 Å². The van der Waals surface area contributed by atoms with Crippen LogP contribution < -0.4 is 5.32 Å². The smallest absolute Gasteiger partial charge is 0.381 e. The molecule has 0 spiro atoms. The van der Waals surface area contributed by atoms with Crippen LogP contribution in [0.25, 0.3) is 22.2 Å². The molecular formula is C24H28N5O4+. The van der Waals surface area contributed by atoms with Gasteiger partial charge < -0.3 is 13.8 Å². The number of methoxy groups -OCH3 is 1. The van der Waals surface area contributed by atoms with Gasteiger partial charge in [0.05, 0.1) is 36.0 Å². The Morgan fingerprint density at radius 2 is 1.97 bits per heavy atom. The number of ether oxygens (including phenoxy) is 1. The van der Waals surface area contributed by atoms with Crippen LogP contribution in [-0.4, -0.2) is 51.2 Å². The van der Waals surface area contributed by atoms with Crippen LogP contribution in [-0.2, 0) is 9.53 Å². The molecule has 0 radical (unpaired) electrons. The topological polar surface area (TPSA) is 102 Å². The third-order valence-corrected chi connectivity index (χ3v) is 6.92. The highest BCUT2D eigenvalue weighted by molar-refractivity contribution is 5.87. The largest absolute Gasteiger partial charge is 0.498 e. The summed E-state index contributed by atoms with van der Waals surface area (Å²) < 4.78 is 14.0. The zero-order chi connectivity index (χ0) is 23.3. The second-order valence-electron chi connectivity index (χ2n) is 8.94. The van der Waals surface area contributed by atoms with Gasteiger partial charge in [0.1, 0.15) is 5.76 Å². The molecule has 9 nitrogen and oxygen atoms in total. The van der Waals surface area contributed by atoms with Gasteiger partial charge >= 0.3 is 11.9 Å². The maximum absolute atomic E-state index is 12.4. The van der Waals surface area contributed by atoms with Crippen molar-refractivity contribution >= 4 is 29.7 Å². The number of benzene rings is 1. The summed E-state index contributed by atoms with van der Waals surface area (Å²) in [4.78, 5) is 29.7. The molecule has 0 unspecified atom stereocenters. The van der Waals surface area contributed by atoms with Crippen molar-refractivity contribution in [3.8, 4) is 11.1 Å². The first-order valence-electron chi connectivity index (χ1n) is 11.3. The summed E-state index contributed by atoms with van der Waals surface area (Å²) in [5.41, 5.74) is 4.56. The molecule has 3 aromatic rings. The first kappa shape index (κ1) is 21.5. The van der Waals surface area contributed by atoms with Crippen LogP contribution in [0.1, 0.15) is 61.5 Å². The number of urea groups is 1. The number of amides is 3. The number of carbonyl (C=O) groups is 2. The Balaban J connectivity index is 1.61. The van der Waals surface area contributed by atoms with E-state index < -0.39 is 12.1 Å². The predicted molar refractivity (Wildman–Crippen MR) is 121 cm³/mol. The zero-order valence-electron chi connectivity index (χ0n) is 19.1. The Hall–Kier alpha value is -3.33. The van der Waals surface area contributed by atoms with Crippen molar-refractivity contribution in [3.05, 3.63) is 35.5 Å². The molecule has 2 aromatic heterocycles. The second-order valence-corrected chi connectivity index (χ2v) is 8.94. The molecule has 2 aliphatic rings. The Labute approximate surface area is 191 Å². The van der Waals surface area contributed by atoms with Crippen LogP contribution in [0.4, 0.5) is 4.79 Å². The third-order valence-electron chi connectivity index (χ3n) is 6.92. The lowest BCUT2D eigenvalue weighted by Crippen LogP contribution is -2.46. The minimum absolute atomic E-state index is 0.128. The minimum atomic E-state index is -0.505. The first-order chi connectivity index (χ1) is 15.9. The molecule has 1 aliphatic heterocycles. The summed E-state index contributed by atoms with van der Waals surface area (Å²) in [5, 5.41) is 6.98. The lowest BCUT2D eigenvalue weighted by atomic mass is 9.92. The monoisotopic (exact) mass is 450 g/mol. The van der Waals surface area contributed by atoms with E-state index in [-0.39, 0.29) is 24.5 Å². The summed E-state index contributed by atoms with van der Waals surface area (Å²) in [6, 6.07) is 5.36. The highest BCUT2D eigenvalue weighted by Crippen LogP contribution is 2.38. The summed E-state index contributed by atoms with van der Waals surface area (Å²) >= 11 is 0. The van der Waals surface area contributed by atoms with E-state index >= 15 is 0 Å². The first-order valence-corrected chi connectivity index (χ1v) is 11.3. The van der Waals surface area contributed by atoms with Crippen molar-refractivity contribution in [1.29, 1.82) is 0 Å².